The minimum absolute atomic E-state index is 0.0324. The summed E-state index contributed by atoms with van der Waals surface area (Å²) in [6.45, 7) is 5.62. The van der Waals surface area contributed by atoms with E-state index in [0.717, 1.165) is 17.8 Å². The molecule has 1 fully saturated rings. The summed E-state index contributed by atoms with van der Waals surface area (Å²) >= 11 is 0. The van der Waals surface area contributed by atoms with Gasteiger partial charge in [-0.3, -0.25) is 9.59 Å². The van der Waals surface area contributed by atoms with Crippen molar-refractivity contribution in [3.8, 4) is 0 Å². The minimum Gasteiger partial charge on any atom is -0.326 e. The molecule has 0 aliphatic heterocycles. The fourth-order valence-corrected chi connectivity index (χ4v) is 3.05. The number of rotatable bonds is 5. The van der Waals surface area contributed by atoms with Gasteiger partial charge in [-0.15, -0.1) is 0 Å². The molecule has 23 heavy (non-hydrogen) atoms. The molecular weight excluding hydrogens is 290 g/mol. The Hall–Kier alpha value is -1.88. The molecule has 3 atom stereocenters. The third kappa shape index (κ3) is 5.36. The van der Waals surface area contributed by atoms with E-state index in [1.165, 1.54) is 26.2 Å². The monoisotopic (exact) mass is 317 g/mol. The molecule has 1 saturated carbocycles. The van der Waals surface area contributed by atoms with Crippen molar-refractivity contribution in [2.24, 2.45) is 5.92 Å². The van der Waals surface area contributed by atoms with Gasteiger partial charge < -0.3 is 16.0 Å². The van der Waals surface area contributed by atoms with Crippen molar-refractivity contribution in [1.29, 1.82) is 0 Å². The average molecular weight is 317 g/mol. The van der Waals surface area contributed by atoms with E-state index in [-0.39, 0.29) is 17.9 Å². The van der Waals surface area contributed by atoms with Gasteiger partial charge in [0.2, 0.25) is 11.8 Å². The van der Waals surface area contributed by atoms with Crippen molar-refractivity contribution in [3.63, 3.8) is 0 Å². The first-order chi connectivity index (χ1) is 11.0. The lowest BCUT2D eigenvalue weighted by Gasteiger charge is -2.31. The van der Waals surface area contributed by atoms with E-state index in [9.17, 15) is 9.59 Å². The summed E-state index contributed by atoms with van der Waals surface area (Å²) in [7, 11) is 0. The van der Waals surface area contributed by atoms with Crippen LogP contribution in [0.5, 0.6) is 0 Å². The number of amides is 2. The fourth-order valence-electron chi connectivity index (χ4n) is 3.05. The zero-order valence-corrected chi connectivity index (χ0v) is 14.2. The van der Waals surface area contributed by atoms with Crippen LogP contribution in [0, 0.1) is 5.92 Å². The summed E-state index contributed by atoms with van der Waals surface area (Å²) in [5, 5.41) is 9.07. The second-order valence-corrected chi connectivity index (χ2v) is 6.50. The molecule has 3 N–H and O–H groups in total. The summed E-state index contributed by atoms with van der Waals surface area (Å²) in [6, 6.07) is 7.33. The van der Waals surface area contributed by atoms with Crippen LogP contribution in [-0.2, 0) is 9.59 Å². The number of hydrogen-bond donors (Lipinski definition) is 3. The summed E-state index contributed by atoms with van der Waals surface area (Å²) < 4.78 is 0. The number of anilines is 2. The van der Waals surface area contributed by atoms with Crippen LogP contribution in [0.25, 0.3) is 0 Å². The smallest absolute Gasteiger partial charge is 0.241 e. The molecule has 126 valence electrons. The van der Waals surface area contributed by atoms with Crippen molar-refractivity contribution < 1.29 is 9.59 Å². The Bertz CT molecular complexity index is 542. The van der Waals surface area contributed by atoms with Gasteiger partial charge in [-0.2, -0.15) is 0 Å². The van der Waals surface area contributed by atoms with Crippen molar-refractivity contribution in [2.45, 2.75) is 58.5 Å². The quantitative estimate of drug-likeness (QED) is 0.781. The number of carbonyl (C=O) groups excluding carboxylic acids is 2. The van der Waals surface area contributed by atoms with E-state index >= 15 is 0 Å². The fraction of sp³-hybridized carbons (Fsp3) is 0.556. The third-order valence-electron chi connectivity index (χ3n) is 4.44. The Balaban J connectivity index is 1.86. The second kappa shape index (κ2) is 8.11. The molecule has 0 saturated heterocycles. The Morgan fingerprint density at radius 1 is 1.04 bits per heavy atom. The van der Waals surface area contributed by atoms with Gasteiger partial charge in [0.05, 0.1) is 6.04 Å². The van der Waals surface area contributed by atoms with E-state index in [1.807, 2.05) is 6.92 Å². The Kier molecular flexibility index (Phi) is 6.16. The largest absolute Gasteiger partial charge is 0.326 e. The highest BCUT2D eigenvalue weighted by atomic mass is 16.2. The molecule has 1 aliphatic rings. The first-order valence-corrected chi connectivity index (χ1v) is 8.40. The van der Waals surface area contributed by atoms with E-state index in [2.05, 4.69) is 22.9 Å². The maximum absolute atomic E-state index is 12.3. The summed E-state index contributed by atoms with van der Waals surface area (Å²) in [4.78, 5) is 23.3. The van der Waals surface area contributed by atoms with Crippen molar-refractivity contribution in [2.75, 3.05) is 10.6 Å². The Labute approximate surface area is 138 Å². The zero-order chi connectivity index (χ0) is 16.8. The molecule has 5 heteroatoms. The van der Waals surface area contributed by atoms with Crippen molar-refractivity contribution in [1.82, 2.24) is 5.32 Å². The molecule has 0 unspecified atom stereocenters. The molecule has 0 heterocycles. The van der Waals surface area contributed by atoms with E-state index in [0.29, 0.717) is 12.0 Å². The van der Waals surface area contributed by atoms with E-state index in [4.69, 9.17) is 0 Å². The highest BCUT2D eigenvalue weighted by Crippen LogP contribution is 2.24. The highest BCUT2D eigenvalue weighted by molar-refractivity contribution is 5.95. The molecule has 0 aromatic heterocycles. The number of carbonyl (C=O) groups is 2. The first kappa shape index (κ1) is 17.5. The van der Waals surface area contributed by atoms with E-state index in [1.54, 1.807) is 24.3 Å². The van der Waals surface area contributed by atoms with Gasteiger partial charge in [-0.1, -0.05) is 19.8 Å². The van der Waals surface area contributed by atoms with Crippen molar-refractivity contribution >= 4 is 23.2 Å². The van der Waals surface area contributed by atoms with Crippen LogP contribution in [0.3, 0.4) is 0 Å². The van der Waals surface area contributed by atoms with Crippen LogP contribution in [0.15, 0.2) is 24.3 Å². The van der Waals surface area contributed by atoms with Gasteiger partial charge >= 0.3 is 0 Å². The molecule has 1 aliphatic carbocycles. The van der Waals surface area contributed by atoms with Crippen LogP contribution < -0.4 is 16.0 Å². The molecule has 2 rings (SSSR count). The third-order valence-corrected chi connectivity index (χ3v) is 4.44. The minimum atomic E-state index is -0.226. The van der Waals surface area contributed by atoms with E-state index < -0.39 is 0 Å². The standard InChI is InChI=1S/C18H27N3O2/c1-12-6-4-5-7-17(12)19-13(2)18(23)21-16-10-8-15(9-11-16)20-14(3)22/h8-13,17,19H,4-7H2,1-3H3,(H,20,22)(H,21,23)/t12-,13-,17-/m0/s1. The van der Waals surface area contributed by atoms with Crippen LogP contribution in [-0.4, -0.2) is 23.9 Å². The van der Waals surface area contributed by atoms with Gasteiger partial charge in [0.15, 0.2) is 0 Å². The Morgan fingerprint density at radius 3 is 2.17 bits per heavy atom. The lowest BCUT2D eigenvalue weighted by atomic mass is 9.85. The molecule has 2 amide bonds. The predicted octanol–water partition coefficient (Wildman–Crippen LogP) is 3.14. The highest BCUT2D eigenvalue weighted by Gasteiger charge is 2.24. The molecule has 0 bridgehead atoms. The van der Waals surface area contributed by atoms with Gasteiger partial charge in [-0.05, 0) is 49.9 Å². The zero-order valence-electron chi connectivity index (χ0n) is 14.2. The average Bonchev–Trinajstić information content (AvgIpc) is 2.51. The number of hydrogen-bond acceptors (Lipinski definition) is 3. The topological polar surface area (TPSA) is 70.2 Å². The molecule has 1 aromatic carbocycles. The van der Waals surface area contributed by atoms with Crippen LogP contribution in [0.4, 0.5) is 11.4 Å². The lowest BCUT2D eigenvalue weighted by Crippen LogP contribution is -2.47. The van der Waals surface area contributed by atoms with Gasteiger partial charge in [0, 0.05) is 24.3 Å². The number of benzene rings is 1. The SMILES string of the molecule is CC(=O)Nc1ccc(NC(=O)[C@H](C)N[C@H]2CCCC[C@@H]2C)cc1. The summed E-state index contributed by atoms with van der Waals surface area (Å²) in [5.41, 5.74) is 1.45. The number of nitrogens with one attached hydrogen (secondary N) is 3. The lowest BCUT2D eigenvalue weighted by molar-refractivity contribution is -0.118. The Morgan fingerprint density at radius 2 is 1.61 bits per heavy atom. The molecule has 1 aromatic rings. The maximum Gasteiger partial charge on any atom is 0.241 e. The summed E-state index contributed by atoms with van der Waals surface area (Å²) in [6.07, 6.45) is 4.91. The molecular formula is C18H27N3O2. The maximum atomic E-state index is 12.3. The summed E-state index contributed by atoms with van der Waals surface area (Å²) in [5.74, 6) is 0.479. The molecule has 0 radical (unpaired) electrons. The predicted molar refractivity (Wildman–Crippen MR) is 93.4 cm³/mol. The first-order valence-electron chi connectivity index (χ1n) is 8.40. The normalized spacial score (nSPS) is 22.2. The van der Waals surface area contributed by atoms with Crippen LogP contribution >= 0.6 is 0 Å². The molecule has 5 nitrogen and oxygen atoms in total. The van der Waals surface area contributed by atoms with Crippen molar-refractivity contribution in [3.05, 3.63) is 24.3 Å². The van der Waals surface area contributed by atoms with Crippen LogP contribution in [0.1, 0.15) is 46.5 Å². The van der Waals surface area contributed by atoms with Gasteiger partial charge in [0.25, 0.3) is 0 Å². The van der Waals surface area contributed by atoms with Gasteiger partial charge in [-0.25, -0.2) is 0 Å². The van der Waals surface area contributed by atoms with Crippen LogP contribution in [0.2, 0.25) is 0 Å². The second-order valence-electron chi connectivity index (χ2n) is 6.50. The van der Waals surface area contributed by atoms with Gasteiger partial charge in [0.1, 0.15) is 0 Å². The molecule has 0 spiro atoms.